The van der Waals surface area contributed by atoms with Crippen LogP contribution in [0.2, 0.25) is 0 Å². The van der Waals surface area contributed by atoms with Gasteiger partial charge in [-0.2, -0.15) is 0 Å². The van der Waals surface area contributed by atoms with Crippen molar-refractivity contribution in [1.82, 2.24) is 0 Å². The molecule has 0 saturated heterocycles. The van der Waals surface area contributed by atoms with Gasteiger partial charge < -0.3 is 0 Å². The highest BCUT2D eigenvalue weighted by Gasteiger charge is 1.86. The van der Waals surface area contributed by atoms with Gasteiger partial charge in [-0.15, -0.1) is 0 Å². The molecule has 0 saturated carbocycles. The molecular weight excluding hydrogens is 216 g/mol. The first kappa shape index (κ1) is 17.1. The van der Waals surface area contributed by atoms with Crippen LogP contribution in [0.3, 0.4) is 0 Å². The molecular formula is C18H30. The zero-order chi connectivity index (χ0) is 13.3. The topological polar surface area (TPSA) is 0 Å². The van der Waals surface area contributed by atoms with Crippen molar-refractivity contribution in [3.05, 3.63) is 0 Å². The van der Waals surface area contributed by atoms with E-state index in [1.807, 2.05) is 0 Å². The Bertz CT molecular complexity index is 236. The van der Waals surface area contributed by atoms with Crippen LogP contribution < -0.4 is 0 Å². The van der Waals surface area contributed by atoms with Gasteiger partial charge in [0.15, 0.2) is 0 Å². The van der Waals surface area contributed by atoms with Gasteiger partial charge in [0.2, 0.25) is 0 Å². The summed E-state index contributed by atoms with van der Waals surface area (Å²) in [5.74, 6) is 12.2. The molecule has 0 heterocycles. The predicted molar refractivity (Wildman–Crippen MR) is 82.3 cm³/mol. The van der Waals surface area contributed by atoms with Gasteiger partial charge >= 0.3 is 0 Å². The van der Waals surface area contributed by atoms with E-state index in [9.17, 15) is 0 Å². The molecule has 0 amide bonds. The van der Waals surface area contributed by atoms with Gasteiger partial charge in [-0.3, -0.25) is 0 Å². The fraction of sp³-hybridized carbons (Fsp3) is 0.778. The van der Waals surface area contributed by atoms with E-state index in [0.717, 1.165) is 12.8 Å². The molecule has 0 heteroatoms. The van der Waals surface area contributed by atoms with E-state index in [1.54, 1.807) is 0 Å². The fourth-order valence-corrected chi connectivity index (χ4v) is 1.85. The third-order valence-electron chi connectivity index (χ3n) is 3.05. The molecule has 0 aliphatic rings. The van der Waals surface area contributed by atoms with Gasteiger partial charge in [0.25, 0.3) is 0 Å². The molecule has 18 heavy (non-hydrogen) atoms. The molecule has 0 rings (SSSR count). The maximum Gasteiger partial charge on any atom is 0.00989 e. The van der Waals surface area contributed by atoms with E-state index in [0.29, 0.717) is 0 Å². The zero-order valence-corrected chi connectivity index (χ0v) is 12.5. The number of unbranched alkanes of at least 4 members (excludes halogenated alkanes) is 10. The summed E-state index contributed by atoms with van der Waals surface area (Å²) in [5, 5.41) is 0. The Morgan fingerprint density at radius 1 is 0.500 bits per heavy atom. The normalized spacial score (nSPS) is 9.22. The largest absolute Gasteiger partial charge is 0.0891 e. The molecule has 0 N–H and O–H groups in total. The molecule has 0 aromatic rings. The lowest BCUT2D eigenvalue weighted by molar-refractivity contribution is 0.641. The van der Waals surface area contributed by atoms with Gasteiger partial charge in [0, 0.05) is 12.8 Å². The summed E-state index contributed by atoms with van der Waals surface area (Å²) >= 11 is 0. The smallest absolute Gasteiger partial charge is 0.00989 e. The highest BCUT2D eigenvalue weighted by Crippen LogP contribution is 2.04. The van der Waals surface area contributed by atoms with E-state index in [1.165, 1.54) is 64.2 Å². The van der Waals surface area contributed by atoms with Crippen molar-refractivity contribution < 1.29 is 0 Å². The molecule has 0 fully saturated rings. The first-order valence-corrected chi connectivity index (χ1v) is 7.87. The van der Waals surface area contributed by atoms with E-state index < -0.39 is 0 Å². The summed E-state index contributed by atoms with van der Waals surface area (Å²) in [5.41, 5.74) is 0. The Balaban J connectivity index is 3.26. The monoisotopic (exact) mass is 246 g/mol. The van der Waals surface area contributed by atoms with Crippen LogP contribution in [0.15, 0.2) is 0 Å². The number of hydrogen-bond acceptors (Lipinski definition) is 0. The molecule has 102 valence electrons. The average Bonchev–Trinajstić information content (AvgIpc) is 2.39. The Hall–Kier alpha value is -0.880. The van der Waals surface area contributed by atoms with Crippen LogP contribution in [-0.2, 0) is 0 Å². The maximum absolute atomic E-state index is 3.15. The van der Waals surface area contributed by atoms with Crippen molar-refractivity contribution in [2.75, 3.05) is 0 Å². The number of rotatable bonds is 10. The van der Waals surface area contributed by atoms with Gasteiger partial charge in [0.05, 0.1) is 0 Å². The third-order valence-corrected chi connectivity index (χ3v) is 3.05. The van der Waals surface area contributed by atoms with E-state index in [4.69, 9.17) is 0 Å². The molecule has 0 atom stereocenters. The summed E-state index contributed by atoms with van der Waals surface area (Å²) in [4.78, 5) is 0. The highest BCUT2D eigenvalue weighted by molar-refractivity contribution is 5.25. The average molecular weight is 246 g/mol. The lowest BCUT2D eigenvalue weighted by Gasteiger charge is -1.94. The minimum absolute atomic E-state index is 1.02. The summed E-state index contributed by atoms with van der Waals surface area (Å²) in [6, 6.07) is 0. The SMILES string of the molecule is CCCCCCCC#CC#CCCCCCCC. The van der Waals surface area contributed by atoms with Gasteiger partial charge in [-0.25, -0.2) is 0 Å². The van der Waals surface area contributed by atoms with Crippen molar-refractivity contribution in [2.45, 2.75) is 90.9 Å². The maximum atomic E-state index is 3.15. The lowest BCUT2D eigenvalue weighted by Crippen LogP contribution is -1.76. The second kappa shape index (κ2) is 16.1. The second-order valence-corrected chi connectivity index (χ2v) is 4.93. The first-order chi connectivity index (χ1) is 8.91. The standard InChI is InChI=1S/C18H30/c1-3-5-7-9-11-13-15-17-18-16-14-12-10-8-6-4-2/h3-14H2,1-2H3. The van der Waals surface area contributed by atoms with E-state index in [-0.39, 0.29) is 0 Å². The summed E-state index contributed by atoms with van der Waals surface area (Å²) in [7, 11) is 0. The molecule has 0 aliphatic heterocycles. The van der Waals surface area contributed by atoms with Crippen LogP contribution in [0, 0.1) is 23.7 Å². The first-order valence-electron chi connectivity index (χ1n) is 7.87. The van der Waals surface area contributed by atoms with Crippen LogP contribution in [0.4, 0.5) is 0 Å². The van der Waals surface area contributed by atoms with E-state index in [2.05, 4.69) is 37.5 Å². The fourth-order valence-electron chi connectivity index (χ4n) is 1.85. The minimum Gasteiger partial charge on any atom is -0.0891 e. The van der Waals surface area contributed by atoms with Crippen molar-refractivity contribution in [3.8, 4) is 23.7 Å². The third kappa shape index (κ3) is 15.1. The lowest BCUT2D eigenvalue weighted by atomic mass is 10.1. The summed E-state index contributed by atoms with van der Waals surface area (Å²) in [6.07, 6.45) is 15.3. The van der Waals surface area contributed by atoms with Gasteiger partial charge in [-0.05, 0) is 24.7 Å². The van der Waals surface area contributed by atoms with Crippen LogP contribution in [0.25, 0.3) is 0 Å². The molecule has 0 aromatic heterocycles. The van der Waals surface area contributed by atoms with Crippen molar-refractivity contribution in [2.24, 2.45) is 0 Å². The zero-order valence-electron chi connectivity index (χ0n) is 12.5. The molecule has 0 aliphatic carbocycles. The van der Waals surface area contributed by atoms with Crippen molar-refractivity contribution >= 4 is 0 Å². The van der Waals surface area contributed by atoms with Crippen molar-refractivity contribution in [3.63, 3.8) is 0 Å². The highest BCUT2D eigenvalue weighted by atomic mass is 13.9. The molecule has 0 bridgehead atoms. The van der Waals surface area contributed by atoms with Crippen LogP contribution in [-0.4, -0.2) is 0 Å². The Morgan fingerprint density at radius 2 is 0.889 bits per heavy atom. The van der Waals surface area contributed by atoms with Gasteiger partial charge in [0.1, 0.15) is 0 Å². The molecule has 0 spiro atoms. The summed E-state index contributed by atoms with van der Waals surface area (Å²) in [6.45, 7) is 4.50. The molecule has 0 nitrogen and oxygen atoms in total. The van der Waals surface area contributed by atoms with Crippen molar-refractivity contribution in [1.29, 1.82) is 0 Å². The van der Waals surface area contributed by atoms with Crippen LogP contribution in [0.1, 0.15) is 90.9 Å². The predicted octanol–water partition coefficient (Wildman–Crippen LogP) is 5.71. The molecule has 0 radical (unpaired) electrons. The molecule has 0 unspecified atom stereocenters. The minimum atomic E-state index is 1.02. The quantitative estimate of drug-likeness (QED) is 0.342. The van der Waals surface area contributed by atoms with E-state index >= 15 is 0 Å². The Kier molecular flexibility index (Phi) is 15.3. The second-order valence-electron chi connectivity index (χ2n) is 4.93. The summed E-state index contributed by atoms with van der Waals surface area (Å²) < 4.78 is 0. The molecule has 0 aromatic carbocycles. The Labute approximate surface area is 115 Å². The Morgan fingerprint density at radius 3 is 1.28 bits per heavy atom. The van der Waals surface area contributed by atoms with Gasteiger partial charge in [-0.1, -0.05) is 77.1 Å². The van der Waals surface area contributed by atoms with Crippen LogP contribution in [0.5, 0.6) is 0 Å². The van der Waals surface area contributed by atoms with Crippen LogP contribution >= 0.6 is 0 Å². The number of hydrogen-bond donors (Lipinski definition) is 0.